The molecule has 0 saturated heterocycles. The fourth-order valence-corrected chi connectivity index (χ4v) is 3.85. The summed E-state index contributed by atoms with van der Waals surface area (Å²) in [5, 5.41) is 12.3. The summed E-state index contributed by atoms with van der Waals surface area (Å²) in [5.41, 5.74) is 7.65. The summed E-state index contributed by atoms with van der Waals surface area (Å²) in [6.45, 7) is 0. The third-order valence-corrected chi connectivity index (χ3v) is 4.81. The smallest absolute Gasteiger partial charge is 0.307 e. The number of fused-ring (bicyclic) bond motifs is 3. The molecule has 0 spiro atoms. The van der Waals surface area contributed by atoms with Crippen LogP contribution < -0.4 is 11.1 Å². The van der Waals surface area contributed by atoms with Gasteiger partial charge < -0.3 is 21.1 Å². The lowest BCUT2D eigenvalue weighted by Crippen LogP contribution is -2.36. The van der Waals surface area contributed by atoms with Gasteiger partial charge in [0.15, 0.2) is 5.95 Å². The van der Waals surface area contributed by atoms with E-state index in [1.165, 1.54) is 0 Å². The van der Waals surface area contributed by atoms with E-state index in [1.807, 2.05) is 12.2 Å². The summed E-state index contributed by atoms with van der Waals surface area (Å²) < 4.78 is 0. The van der Waals surface area contributed by atoms with E-state index in [2.05, 4.69) is 15.3 Å². The Morgan fingerprint density at radius 2 is 2.00 bits per heavy atom. The summed E-state index contributed by atoms with van der Waals surface area (Å²) in [5.74, 6) is -2.04. The van der Waals surface area contributed by atoms with Crippen molar-refractivity contribution in [2.75, 3.05) is 11.1 Å². The number of benzene rings is 1. The standard InChI is InChI=1S/C16H16N4O3/c17-16-19-10-4-3-9(6-11(10)20-16)18-14(21)12-7-1-2-8(5-7)13(12)15(22)23/h1-4,6-8,12-13H,5H2,(H,18,21)(H,22,23)(H3,17,19,20)/t7-,8+,12+,13-/m0/s1. The quantitative estimate of drug-likeness (QED) is 0.641. The van der Waals surface area contributed by atoms with Crippen LogP contribution >= 0.6 is 0 Å². The number of carbonyl (C=O) groups excluding carboxylic acids is 1. The van der Waals surface area contributed by atoms with Crippen LogP contribution in [-0.2, 0) is 9.59 Å². The number of nitrogens with two attached hydrogens (primary N) is 1. The molecule has 4 rings (SSSR count). The van der Waals surface area contributed by atoms with Crippen LogP contribution in [0.25, 0.3) is 11.0 Å². The summed E-state index contributed by atoms with van der Waals surface area (Å²) >= 11 is 0. The van der Waals surface area contributed by atoms with Crippen LogP contribution in [0.3, 0.4) is 0 Å². The lowest BCUT2D eigenvalue weighted by molar-refractivity contribution is -0.146. The van der Waals surface area contributed by atoms with Gasteiger partial charge in [-0.2, -0.15) is 0 Å². The number of anilines is 2. The molecule has 2 aliphatic rings. The minimum atomic E-state index is -0.904. The molecule has 118 valence electrons. The fourth-order valence-electron chi connectivity index (χ4n) is 3.85. The number of imidazole rings is 1. The zero-order valence-electron chi connectivity index (χ0n) is 12.2. The minimum Gasteiger partial charge on any atom is -0.481 e. The highest BCUT2D eigenvalue weighted by Gasteiger charge is 2.51. The maximum atomic E-state index is 12.6. The normalized spacial score (nSPS) is 28.3. The molecule has 1 heterocycles. The van der Waals surface area contributed by atoms with Crippen LogP contribution in [0.2, 0.25) is 0 Å². The first-order valence-corrected chi connectivity index (χ1v) is 7.50. The average molecular weight is 312 g/mol. The molecule has 1 fully saturated rings. The van der Waals surface area contributed by atoms with Gasteiger partial charge >= 0.3 is 5.97 Å². The first-order valence-electron chi connectivity index (χ1n) is 7.50. The number of aromatic nitrogens is 2. The van der Waals surface area contributed by atoms with Gasteiger partial charge in [0.2, 0.25) is 5.91 Å². The number of carbonyl (C=O) groups is 2. The average Bonchev–Trinajstić information content (AvgIpc) is 3.18. The summed E-state index contributed by atoms with van der Waals surface area (Å²) in [6, 6.07) is 5.24. The molecule has 2 aromatic rings. The summed E-state index contributed by atoms with van der Waals surface area (Å²) in [6.07, 6.45) is 4.63. The van der Waals surface area contributed by atoms with Gasteiger partial charge in [0, 0.05) is 5.69 Å². The zero-order chi connectivity index (χ0) is 16.1. The minimum absolute atomic E-state index is 0.00706. The largest absolute Gasteiger partial charge is 0.481 e. The number of H-pyrrole nitrogens is 1. The van der Waals surface area contributed by atoms with Gasteiger partial charge in [0.1, 0.15) is 0 Å². The number of hydrogen-bond acceptors (Lipinski definition) is 4. The Morgan fingerprint density at radius 3 is 2.74 bits per heavy atom. The summed E-state index contributed by atoms with van der Waals surface area (Å²) in [7, 11) is 0. The molecular weight excluding hydrogens is 296 g/mol. The molecule has 23 heavy (non-hydrogen) atoms. The predicted octanol–water partition coefficient (Wildman–Crippen LogP) is 1.61. The molecule has 1 aromatic carbocycles. The number of rotatable bonds is 3. The lowest BCUT2D eigenvalue weighted by atomic mass is 9.82. The van der Waals surface area contributed by atoms with Crippen molar-refractivity contribution in [2.45, 2.75) is 6.42 Å². The lowest BCUT2D eigenvalue weighted by Gasteiger charge is -2.23. The number of carboxylic acids is 1. The van der Waals surface area contributed by atoms with E-state index in [-0.39, 0.29) is 17.7 Å². The van der Waals surface area contributed by atoms with E-state index in [1.54, 1.807) is 18.2 Å². The summed E-state index contributed by atoms with van der Waals surface area (Å²) in [4.78, 5) is 31.1. The van der Waals surface area contributed by atoms with Crippen LogP contribution in [0.15, 0.2) is 30.4 Å². The number of allylic oxidation sites excluding steroid dienone is 2. The van der Waals surface area contributed by atoms with Crippen molar-refractivity contribution in [1.82, 2.24) is 9.97 Å². The molecule has 4 atom stereocenters. The molecule has 1 saturated carbocycles. The van der Waals surface area contributed by atoms with Gasteiger partial charge in [-0.3, -0.25) is 9.59 Å². The third-order valence-electron chi connectivity index (χ3n) is 4.81. The monoisotopic (exact) mass is 312 g/mol. The Labute approximate surface area is 131 Å². The number of aliphatic carboxylic acids is 1. The second-order valence-electron chi connectivity index (χ2n) is 6.18. The Balaban J connectivity index is 1.58. The number of hydrogen-bond donors (Lipinski definition) is 4. The maximum absolute atomic E-state index is 12.6. The van der Waals surface area contributed by atoms with Gasteiger partial charge in [-0.15, -0.1) is 0 Å². The second-order valence-corrected chi connectivity index (χ2v) is 6.18. The van der Waals surface area contributed by atoms with Crippen LogP contribution in [0.4, 0.5) is 11.6 Å². The number of nitrogen functional groups attached to an aromatic ring is 1. The van der Waals surface area contributed by atoms with Crippen LogP contribution in [0.1, 0.15) is 6.42 Å². The van der Waals surface area contributed by atoms with Crippen molar-refractivity contribution in [3.05, 3.63) is 30.4 Å². The van der Waals surface area contributed by atoms with E-state index in [0.717, 1.165) is 11.9 Å². The maximum Gasteiger partial charge on any atom is 0.307 e. The van der Waals surface area contributed by atoms with E-state index < -0.39 is 17.8 Å². The SMILES string of the molecule is Nc1nc2ccc(NC(=O)[C@H]3[C@@H](C(=O)O)[C@@H]4C=C[C@H]3C4)cc2[nH]1. The Morgan fingerprint density at radius 1 is 1.26 bits per heavy atom. The van der Waals surface area contributed by atoms with Crippen molar-refractivity contribution in [1.29, 1.82) is 0 Å². The Kier molecular flexibility index (Phi) is 2.90. The van der Waals surface area contributed by atoms with Gasteiger partial charge in [0.05, 0.1) is 22.9 Å². The molecule has 7 heteroatoms. The van der Waals surface area contributed by atoms with Crippen LogP contribution in [0, 0.1) is 23.7 Å². The fraction of sp³-hybridized carbons (Fsp3) is 0.312. The van der Waals surface area contributed by atoms with Gasteiger partial charge in [0.25, 0.3) is 0 Å². The van der Waals surface area contributed by atoms with Gasteiger partial charge in [-0.05, 0) is 36.5 Å². The zero-order valence-corrected chi connectivity index (χ0v) is 12.2. The number of aromatic amines is 1. The van der Waals surface area contributed by atoms with E-state index in [0.29, 0.717) is 17.2 Å². The molecule has 2 bridgehead atoms. The van der Waals surface area contributed by atoms with Crippen molar-refractivity contribution in [3.8, 4) is 0 Å². The highest BCUT2D eigenvalue weighted by Crippen LogP contribution is 2.48. The number of nitrogens with zero attached hydrogens (tertiary/aromatic N) is 1. The molecule has 0 aliphatic heterocycles. The highest BCUT2D eigenvalue weighted by atomic mass is 16.4. The van der Waals surface area contributed by atoms with Crippen molar-refractivity contribution >= 4 is 34.5 Å². The molecule has 1 amide bonds. The highest BCUT2D eigenvalue weighted by molar-refractivity contribution is 5.97. The predicted molar refractivity (Wildman–Crippen MR) is 84.5 cm³/mol. The van der Waals surface area contributed by atoms with Crippen LogP contribution in [-0.4, -0.2) is 27.0 Å². The van der Waals surface area contributed by atoms with E-state index >= 15 is 0 Å². The number of amides is 1. The Bertz CT molecular complexity index is 841. The molecule has 0 unspecified atom stereocenters. The first kappa shape index (κ1) is 13.8. The van der Waals surface area contributed by atoms with Gasteiger partial charge in [-0.1, -0.05) is 12.2 Å². The molecule has 7 nitrogen and oxygen atoms in total. The molecule has 1 aromatic heterocycles. The van der Waals surface area contributed by atoms with Crippen LogP contribution in [0.5, 0.6) is 0 Å². The number of nitrogens with one attached hydrogen (secondary N) is 2. The Hall–Kier alpha value is -2.83. The third kappa shape index (κ3) is 2.16. The topological polar surface area (TPSA) is 121 Å². The van der Waals surface area contributed by atoms with Crippen molar-refractivity contribution in [2.24, 2.45) is 23.7 Å². The number of carboxylic acid groups (broad SMARTS) is 1. The molecule has 2 aliphatic carbocycles. The first-order chi connectivity index (χ1) is 11.0. The molecule has 5 N–H and O–H groups in total. The molecule has 0 radical (unpaired) electrons. The van der Waals surface area contributed by atoms with Crippen molar-refractivity contribution in [3.63, 3.8) is 0 Å². The second kappa shape index (κ2) is 4.84. The van der Waals surface area contributed by atoms with Crippen molar-refractivity contribution < 1.29 is 14.7 Å². The van der Waals surface area contributed by atoms with E-state index in [4.69, 9.17) is 5.73 Å². The van der Waals surface area contributed by atoms with Gasteiger partial charge in [-0.25, -0.2) is 4.98 Å². The molecular formula is C16H16N4O3. The van der Waals surface area contributed by atoms with E-state index in [9.17, 15) is 14.7 Å².